The van der Waals surface area contributed by atoms with Gasteiger partial charge in [0.05, 0.1) is 11.3 Å². The van der Waals surface area contributed by atoms with E-state index in [9.17, 15) is 18.0 Å². The van der Waals surface area contributed by atoms with Gasteiger partial charge in [0, 0.05) is 29.7 Å². The number of nitrogens with one attached hydrogen (secondary N) is 2. The van der Waals surface area contributed by atoms with Gasteiger partial charge >= 0.3 is 12.1 Å². The van der Waals surface area contributed by atoms with Crippen molar-refractivity contribution in [2.75, 3.05) is 17.2 Å². The van der Waals surface area contributed by atoms with E-state index in [4.69, 9.17) is 5.11 Å². The normalized spacial score (nSPS) is 11.1. The standard InChI is InChI=1S/C18H14F3N5O2/c19-18(20,21)12-3-5-13(6-4-12)24-15-8-14(11-2-1-7-22-9-11)25-17(26-15)23-10-16(27)28/h1-9H,10H2,(H,27,28)(H2,23,24,25,26). The van der Waals surface area contributed by atoms with Gasteiger partial charge in [0.25, 0.3) is 0 Å². The SMILES string of the molecule is O=C(O)CNc1nc(Nc2ccc(C(F)(F)F)cc2)cc(-c2cccnc2)n1. The van der Waals surface area contributed by atoms with Gasteiger partial charge in [-0.15, -0.1) is 0 Å². The van der Waals surface area contributed by atoms with E-state index in [1.54, 1.807) is 30.6 Å². The molecule has 2 aromatic heterocycles. The molecule has 0 spiro atoms. The Kier molecular flexibility index (Phi) is 5.39. The molecule has 0 fully saturated rings. The van der Waals surface area contributed by atoms with E-state index >= 15 is 0 Å². The van der Waals surface area contributed by atoms with E-state index in [1.165, 1.54) is 12.1 Å². The zero-order valence-corrected chi connectivity index (χ0v) is 14.2. The molecule has 3 N–H and O–H groups in total. The van der Waals surface area contributed by atoms with Crippen LogP contribution in [0.4, 0.5) is 30.6 Å². The van der Waals surface area contributed by atoms with Crippen LogP contribution in [-0.4, -0.2) is 32.6 Å². The van der Waals surface area contributed by atoms with Crippen molar-refractivity contribution >= 4 is 23.4 Å². The van der Waals surface area contributed by atoms with Crippen molar-refractivity contribution in [2.45, 2.75) is 6.18 Å². The van der Waals surface area contributed by atoms with E-state index in [0.29, 0.717) is 16.9 Å². The minimum absolute atomic E-state index is 0.0539. The molecule has 0 amide bonds. The summed E-state index contributed by atoms with van der Waals surface area (Å²) in [6.07, 6.45) is -1.25. The molecule has 0 aliphatic heterocycles. The van der Waals surface area contributed by atoms with E-state index in [2.05, 4.69) is 25.6 Å². The average Bonchev–Trinajstić information content (AvgIpc) is 2.67. The molecular formula is C18H14F3N5O2. The number of aliphatic carboxylic acids is 1. The molecule has 0 aliphatic carbocycles. The number of anilines is 3. The Morgan fingerprint density at radius 1 is 1.11 bits per heavy atom. The summed E-state index contributed by atoms with van der Waals surface area (Å²) in [5.41, 5.74) is 0.748. The van der Waals surface area contributed by atoms with Gasteiger partial charge in [-0.05, 0) is 36.4 Å². The summed E-state index contributed by atoms with van der Waals surface area (Å²) in [5, 5.41) is 14.3. The van der Waals surface area contributed by atoms with E-state index in [0.717, 1.165) is 12.1 Å². The van der Waals surface area contributed by atoms with Crippen LogP contribution in [-0.2, 0) is 11.0 Å². The summed E-state index contributed by atoms with van der Waals surface area (Å²) < 4.78 is 38.1. The van der Waals surface area contributed by atoms with Crippen LogP contribution in [0.25, 0.3) is 11.3 Å². The van der Waals surface area contributed by atoms with Gasteiger partial charge in [0.1, 0.15) is 12.4 Å². The molecule has 2 heterocycles. The fraction of sp³-hybridized carbons (Fsp3) is 0.111. The van der Waals surface area contributed by atoms with Crippen LogP contribution >= 0.6 is 0 Å². The van der Waals surface area contributed by atoms with Crippen LogP contribution in [0.15, 0.2) is 54.9 Å². The summed E-state index contributed by atoms with van der Waals surface area (Å²) in [6, 6.07) is 9.52. The molecule has 3 aromatic rings. The molecule has 1 aromatic carbocycles. The molecule has 0 saturated heterocycles. The Balaban J connectivity index is 1.90. The third kappa shape index (κ3) is 4.93. The summed E-state index contributed by atoms with van der Waals surface area (Å²) >= 11 is 0. The molecule has 0 bridgehead atoms. The van der Waals surface area contributed by atoms with Gasteiger partial charge in [0.2, 0.25) is 5.95 Å². The highest BCUT2D eigenvalue weighted by atomic mass is 19.4. The van der Waals surface area contributed by atoms with Gasteiger partial charge < -0.3 is 15.7 Å². The molecule has 144 valence electrons. The van der Waals surface area contributed by atoms with Gasteiger partial charge in [-0.1, -0.05) is 0 Å². The van der Waals surface area contributed by atoms with Crippen molar-refractivity contribution in [1.82, 2.24) is 15.0 Å². The quantitative estimate of drug-likeness (QED) is 0.590. The first-order valence-electron chi connectivity index (χ1n) is 8.01. The summed E-state index contributed by atoms with van der Waals surface area (Å²) in [4.78, 5) is 23.2. The monoisotopic (exact) mass is 389 g/mol. The first-order chi connectivity index (χ1) is 13.3. The summed E-state index contributed by atoms with van der Waals surface area (Å²) in [6.45, 7) is -0.393. The second-order valence-corrected chi connectivity index (χ2v) is 5.65. The number of halogens is 3. The minimum atomic E-state index is -4.42. The molecular weight excluding hydrogens is 375 g/mol. The fourth-order valence-corrected chi connectivity index (χ4v) is 2.30. The predicted molar refractivity (Wildman–Crippen MR) is 96.1 cm³/mol. The number of hydrogen-bond donors (Lipinski definition) is 3. The van der Waals surface area contributed by atoms with Crippen molar-refractivity contribution in [3.05, 3.63) is 60.4 Å². The van der Waals surface area contributed by atoms with Crippen LogP contribution in [0.2, 0.25) is 0 Å². The number of rotatable bonds is 6. The van der Waals surface area contributed by atoms with Crippen molar-refractivity contribution < 1.29 is 23.1 Å². The number of benzene rings is 1. The molecule has 0 unspecified atom stereocenters. The lowest BCUT2D eigenvalue weighted by Crippen LogP contribution is -2.15. The Labute approximate surface area is 157 Å². The van der Waals surface area contributed by atoms with E-state index in [1.807, 2.05) is 0 Å². The lowest BCUT2D eigenvalue weighted by molar-refractivity contribution is -0.137. The predicted octanol–water partition coefficient (Wildman–Crippen LogP) is 3.80. The molecule has 0 atom stereocenters. The maximum absolute atomic E-state index is 12.7. The second kappa shape index (κ2) is 7.91. The maximum Gasteiger partial charge on any atom is 0.416 e. The van der Waals surface area contributed by atoms with Crippen LogP contribution in [0, 0.1) is 0 Å². The average molecular weight is 389 g/mol. The Morgan fingerprint density at radius 3 is 2.46 bits per heavy atom. The largest absolute Gasteiger partial charge is 0.480 e. The molecule has 0 radical (unpaired) electrons. The minimum Gasteiger partial charge on any atom is -0.480 e. The smallest absolute Gasteiger partial charge is 0.416 e. The Bertz CT molecular complexity index is 963. The van der Waals surface area contributed by atoms with Crippen LogP contribution in [0.3, 0.4) is 0 Å². The molecule has 10 heteroatoms. The molecule has 7 nitrogen and oxygen atoms in total. The van der Waals surface area contributed by atoms with Crippen molar-refractivity contribution in [1.29, 1.82) is 0 Å². The Morgan fingerprint density at radius 2 is 1.86 bits per heavy atom. The summed E-state index contributed by atoms with van der Waals surface area (Å²) in [7, 11) is 0. The van der Waals surface area contributed by atoms with Crippen LogP contribution in [0.5, 0.6) is 0 Å². The van der Waals surface area contributed by atoms with Gasteiger partial charge in [-0.25, -0.2) is 4.98 Å². The number of aromatic nitrogens is 3. The number of carboxylic acids is 1. The third-order valence-corrected chi connectivity index (χ3v) is 3.57. The Hall–Kier alpha value is -3.69. The molecule has 0 aliphatic rings. The van der Waals surface area contributed by atoms with Gasteiger partial charge in [-0.2, -0.15) is 18.2 Å². The highest BCUT2D eigenvalue weighted by Gasteiger charge is 2.29. The van der Waals surface area contributed by atoms with Crippen LogP contribution < -0.4 is 10.6 Å². The zero-order chi connectivity index (χ0) is 20.1. The number of pyridine rings is 1. The third-order valence-electron chi connectivity index (χ3n) is 3.57. The molecule has 28 heavy (non-hydrogen) atoms. The first kappa shape index (κ1) is 19.1. The highest BCUT2D eigenvalue weighted by Crippen LogP contribution is 2.30. The first-order valence-corrected chi connectivity index (χ1v) is 8.01. The van der Waals surface area contributed by atoms with Crippen LogP contribution in [0.1, 0.15) is 5.56 Å². The van der Waals surface area contributed by atoms with Crippen molar-refractivity contribution in [2.24, 2.45) is 0 Å². The number of alkyl halides is 3. The summed E-state index contributed by atoms with van der Waals surface area (Å²) in [5.74, 6) is -0.757. The maximum atomic E-state index is 12.7. The van der Waals surface area contributed by atoms with Crippen molar-refractivity contribution in [3.63, 3.8) is 0 Å². The van der Waals surface area contributed by atoms with Gasteiger partial charge in [0.15, 0.2) is 0 Å². The number of nitrogens with zero attached hydrogens (tertiary/aromatic N) is 3. The number of carbonyl (C=O) groups is 1. The molecule has 3 rings (SSSR count). The number of hydrogen-bond acceptors (Lipinski definition) is 6. The van der Waals surface area contributed by atoms with Gasteiger partial charge in [-0.3, -0.25) is 9.78 Å². The topological polar surface area (TPSA) is 100 Å². The fourth-order valence-electron chi connectivity index (χ4n) is 2.30. The number of carboxylic acid groups (broad SMARTS) is 1. The van der Waals surface area contributed by atoms with E-state index in [-0.39, 0.29) is 11.8 Å². The molecule has 0 saturated carbocycles. The highest BCUT2D eigenvalue weighted by molar-refractivity contribution is 5.73. The van der Waals surface area contributed by atoms with Crippen molar-refractivity contribution in [3.8, 4) is 11.3 Å². The second-order valence-electron chi connectivity index (χ2n) is 5.65. The lowest BCUT2D eigenvalue weighted by Gasteiger charge is -2.12. The van der Waals surface area contributed by atoms with E-state index < -0.39 is 24.3 Å². The zero-order valence-electron chi connectivity index (χ0n) is 14.2. The lowest BCUT2D eigenvalue weighted by atomic mass is 10.2.